The molecule has 18 heavy (non-hydrogen) atoms. The van der Waals surface area contributed by atoms with Crippen molar-refractivity contribution in [1.29, 1.82) is 0 Å². The minimum Gasteiger partial charge on any atom is -0.375 e. The minimum atomic E-state index is 0.00691. The predicted octanol–water partition coefficient (Wildman–Crippen LogP) is 0.846. The number of thiazole rings is 1. The van der Waals surface area contributed by atoms with Gasteiger partial charge in [0, 0.05) is 43.9 Å². The van der Waals surface area contributed by atoms with Gasteiger partial charge in [-0.15, -0.1) is 11.3 Å². The summed E-state index contributed by atoms with van der Waals surface area (Å²) in [5.41, 5.74) is 6.03. The van der Waals surface area contributed by atoms with E-state index in [9.17, 15) is 4.79 Å². The van der Waals surface area contributed by atoms with Crippen molar-refractivity contribution in [3.05, 3.63) is 11.1 Å². The van der Waals surface area contributed by atoms with Gasteiger partial charge in [0.15, 0.2) is 5.13 Å². The van der Waals surface area contributed by atoms with Crippen LogP contribution in [0.4, 0.5) is 5.13 Å². The number of carbonyl (C=O) groups is 1. The maximum Gasteiger partial charge on any atom is 0.273 e. The lowest BCUT2D eigenvalue weighted by Gasteiger charge is -2.34. The number of carbonyl (C=O) groups excluding carboxylic acids is 1. The first kappa shape index (κ1) is 13.6. The highest BCUT2D eigenvalue weighted by atomic mass is 32.2. The molecule has 5 nitrogen and oxygen atoms in total. The first-order chi connectivity index (χ1) is 8.70. The number of anilines is 1. The summed E-state index contributed by atoms with van der Waals surface area (Å²) in [5.74, 6) is 1.16. The van der Waals surface area contributed by atoms with E-state index in [1.165, 1.54) is 11.3 Å². The van der Waals surface area contributed by atoms with E-state index in [4.69, 9.17) is 5.73 Å². The third-order valence-electron chi connectivity index (χ3n) is 3.01. The Labute approximate surface area is 115 Å². The molecule has 1 amide bonds. The molecule has 1 aromatic rings. The summed E-state index contributed by atoms with van der Waals surface area (Å²) in [6, 6.07) is 0. The van der Waals surface area contributed by atoms with E-state index in [0.29, 0.717) is 10.8 Å². The minimum absolute atomic E-state index is 0.00691. The van der Waals surface area contributed by atoms with Crippen LogP contribution in [-0.2, 0) is 0 Å². The molecule has 100 valence electrons. The predicted molar refractivity (Wildman–Crippen MR) is 77.3 cm³/mol. The fourth-order valence-electron chi connectivity index (χ4n) is 1.94. The van der Waals surface area contributed by atoms with Gasteiger partial charge in [-0.05, 0) is 6.26 Å². The number of hydrogen-bond donors (Lipinski definition) is 1. The largest absolute Gasteiger partial charge is 0.375 e. The van der Waals surface area contributed by atoms with E-state index < -0.39 is 0 Å². The van der Waals surface area contributed by atoms with Crippen LogP contribution in [0.25, 0.3) is 0 Å². The molecule has 1 saturated heterocycles. The highest BCUT2D eigenvalue weighted by molar-refractivity contribution is 7.98. The first-order valence-electron chi connectivity index (χ1n) is 5.92. The molecule has 0 aromatic carbocycles. The van der Waals surface area contributed by atoms with Crippen molar-refractivity contribution < 1.29 is 4.79 Å². The summed E-state index contributed by atoms with van der Waals surface area (Å²) in [6.45, 7) is 4.57. The van der Waals surface area contributed by atoms with Gasteiger partial charge < -0.3 is 10.6 Å². The fourth-order valence-corrected chi connectivity index (χ4v) is 2.92. The number of amides is 1. The zero-order chi connectivity index (χ0) is 13.0. The number of piperazine rings is 1. The van der Waals surface area contributed by atoms with E-state index in [2.05, 4.69) is 16.1 Å². The van der Waals surface area contributed by atoms with Crippen LogP contribution < -0.4 is 5.73 Å². The van der Waals surface area contributed by atoms with E-state index >= 15 is 0 Å². The molecule has 0 aliphatic carbocycles. The first-order valence-corrected chi connectivity index (χ1v) is 8.19. The molecule has 0 spiro atoms. The molecular formula is C11H18N4OS2. The van der Waals surface area contributed by atoms with E-state index in [0.717, 1.165) is 38.5 Å². The standard InChI is InChI=1S/C11H18N4OS2/c1-17-7-6-14-2-4-15(5-3-14)10(16)9-8-18-11(12)13-9/h8H,2-7H2,1H3,(H2,12,13). The summed E-state index contributed by atoms with van der Waals surface area (Å²) >= 11 is 3.17. The van der Waals surface area contributed by atoms with Crippen LogP contribution in [0.1, 0.15) is 10.5 Å². The number of nitrogens with two attached hydrogens (primary N) is 1. The molecule has 2 N–H and O–H groups in total. The molecule has 1 aliphatic heterocycles. The Morgan fingerprint density at radius 1 is 1.50 bits per heavy atom. The highest BCUT2D eigenvalue weighted by Gasteiger charge is 2.23. The van der Waals surface area contributed by atoms with Crippen LogP contribution >= 0.6 is 23.1 Å². The van der Waals surface area contributed by atoms with Gasteiger partial charge in [0.2, 0.25) is 0 Å². The number of hydrogen-bond acceptors (Lipinski definition) is 6. The second-order valence-corrected chi connectivity index (χ2v) is 6.07. The lowest BCUT2D eigenvalue weighted by atomic mass is 10.3. The van der Waals surface area contributed by atoms with E-state index in [-0.39, 0.29) is 5.91 Å². The lowest BCUT2D eigenvalue weighted by Crippen LogP contribution is -2.49. The normalized spacial score (nSPS) is 17.1. The van der Waals surface area contributed by atoms with Crippen molar-refractivity contribution in [2.45, 2.75) is 0 Å². The molecule has 1 aliphatic rings. The van der Waals surface area contributed by atoms with Crippen LogP contribution in [-0.4, -0.2) is 65.4 Å². The lowest BCUT2D eigenvalue weighted by molar-refractivity contribution is 0.0640. The number of rotatable bonds is 4. The number of thioether (sulfide) groups is 1. The SMILES string of the molecule is CSCCN1CCN(C(=O)c2csc(N)n2)CC1. The van der Waals surface area contributed by atoms with Gasteiger partial charge in [0.25, 0.3) is 5.91 Å². The van der Waals surface area contributed by atoms with Gasteiger partial charge in [0.05, 0.1) is 0 Å². The third-order valence-corrected chi connectivity index (χ3v) is 4.28. The van der Waals surface area contributed by atoms with Gasteiger partial charge in [-0.2, -0.15) is 11.8 Å². The van der Waals surface area contributed by atoms with Crippen molar-refractivity contribution in [2.75, 3.05) is 50.5 Å². The summed E-state index contributed by atoms with van der Waals surface area (Å²) in [6.07, 6.45) is 2.12. The molecule has 7 heteroatoms. The second-order valence-electron chi connectivity index (χ2n) is 4.20. The third kappa shape index (κ3) is 3.37. The molecule has 0 saturated carbocycles. The number of nitrogen functional groups attached to an aromatic ring is 1. The molecule has 0 unspecified atom stereocenters. The maximum atomic E-state index is 12.1. The fraction of sp³-hybridized carbons (Fsp3) is 0.636. The highest BCUT2D eigenvalue weighted by Crippen LogP contribution is 2.14. The van der Waals surface area contributed by atoms with Crippen molar-refractivity contribution >= 4 is 34.1 Å². The zero-order valence-electron chi connectivity index (χ0n) is 10.5. The van der Waals surface area contributed by atoms with Crippen LogP contribution in [0.3, 0.4) is 0 Å². The molecule has 1 fully saturated rings. The summed E-state index contributed by atoms with van der Waals surface area (Å²) in [7, 11) is 0. The molecule has 0 atom stereocenters. The van der Waals surface area contributed by atoms with Crippen LogP contribution in [0.2, 0.25) is 0 Å². The molecular weight excluding hydrogens is 268 g/mol. The molecule has 2 rings (SSSR count). The second kappa shape index (κ2) is 6.40. The average Bonchev–Trinajstić information content (AvgIpc) is 2.83. The summed E-state index contributed by atoms with van der Waals surface area (Å²) < 4.78 is 0. The Kier molecular flexibility index (Phi) is 4.85. The Morgan fingerprint density at radius 2 is 2.22 bits per heavy atom. The summed E-state index contributed by atoms with van der Waals surface area (Å²) in [5, 5.41) is 2.19. The van der Waals surface area contributed by atoms with Crippen molar-refractivity contribution in [2.24, 2.45) is 0 Å². The van der Waals surface area contributed by atoms with Gasteiger partial charge in [0.1, 0.15) is 5.69 Å². The number of nitrogens with zero attached hydrogens (tertiary/aromatic N) is 3. The van der Waals surface area contributed by atoms with Crippen molar-refractivity contribution in [3.63, 3.8) is 0 Å². The van der Waals surface area contributed by atoms with Gasteiger partial charge >= 0.3 is 0 Å². The Bertz CT molecular complexity index is 402. The topological polar surface area (TPSA) is 62.5 Å². The van der Waals surface area contributed by atoms with Crippen molar-refractivity contribution in [1.82, 2.24) is 14.8 Å². The van der Waals surface area contributed by atoms with Gasteiger partial charge in [-0.3, -0.25) is 9.69 Å². The Hall–Kier alpha value is -0.790. The van der Waals surface area contributed by atoms with Gasteiger partial charge in [-0.1, -0.05) is 0 Å². The summed E-state index contributed by atoms with van der Waals surface area (Å²) in [4.78, 5) is 20.4. The quantitative estimate of drug-likeness (QED) is 0.889. The Balaban J connectivity index is 1.84. The monoisotopic (exact) mass is 286 g/mol. The van der Waals surface area contributed by atoms with Gasteiger partial charge in [-0.25, -0.2) is 4.98 Å². The maximum absolute atomic E-state index is 12.1. The van der Waals surface area contributed by atoms with Crippen LogP contribution in [0.5, 0.6) is 0 Å². The average molecular weight is 286 g/mol. The number of aromatic nitrogens is 1. The molecule has 1 aromatic heterocycles. The molecule has 2 heterocycles. The smallest absolute Gasteiger partial charge is 0.273 e. The molecule has 0 bridgehead atoms. The zero-order valence-corrected chi connectivity index (χ0v) is 12.1. The van der Waals surface area contributed by atoms with Crippen LogP contribution in [0.15, 0.2) is 5.38 Å². The molecule has 0 radical (unpaired) electrons. The van der Waals surface area contributed by atoms with Crippen LogP contribution in [0, 0.1) is 0 Å². The van der Waals surface area contributed by atoms with Crippen molar-refractivity contribution in [3.8, 4) is 0 Å². The van der Waals surface area contributed by atoms with E-state index in [1.807, 2.05) is 16.7 Å². The Morgan fingerprint density at radius 3 is 2.78 bits per heavy atom. The van der Waals surface area contributed by atoms with E-state index in [1.54, 1.807) is 5.38 Å².